The molecule has 0 saturated heterocycles. The van der Waals surface area contributed by atoms with Crippen LogP contribution in [0.2, 0.25) is 0 Å². The van der Waals surface area contributed by atoms with Crippen LogP contribution in [0.3, 0.4) is 0 Å². The Hall–Kier alpha value is -1.63. The van der Waals surface area contributed by atoms with Crippen molar-refractivity contribution in [3.63, 3.8) is 0 Å². The van der Waals surface area contributed by atoms with Crippen LogP contribution in [0.25, 0.3) is 10.8 Å². The monoisotopic (exact) mass is 307 g/mol. The molecule has 1 aromatic carbocycles. The number of hydrogen-bond acceptors (Lipinski definition) is 5. The molecule has 0 amide bonds. The SMILES string of the molecule is CC(=O)SCCC(O)C(O)c1ccc2c[nH]c(=O)cc2c1. The maximum atomic E-state index is 11.3. The van der Waals surface area contributed by atoms with Crippen molar-refractivity contribution in [3.05, 3.63) is 46.4 Å². The standard InChI is InChI=1S/C15H17NO4S/c1-9(17)21-5-4-13(18)15(20)10-2-3-11-8-16-14(19)7-12(11)6-10/h2-3,6-8,13,15,18,20H,4-5H2,1H3,(H,16,19). The lowest BCUT2D eigenvalue weighted by molar-refractivity contribution is -0.109. The molecule has 1 heterocycles. The van der Waals surface area contributed by atoms with Crippen LogP contribution < -0.4 is 5.56 Å². The highest BCUT2D eigenvalue weighted by molar-refractivity contribution is 8.13. The largest absolute Gasteiger partial charge is 0.390 e. The number of pyridine rings is 1. The summed E-state index contributed by atoms with van der Waals surface area (Å²) in [5.41, 5.74) is 0.334. The second-order valence-corrected chi connectivity index (χ2v) is 6.10. The number of aliphatic hydroxyl groups is 2. The van der Waals surface area contributed by atoms with Crippen molar-refractivity contribution in [3.8, 4) is 0 Å². The fraction of sp³-hybridized carbons (Fsp3) is 0.333. The molecule has 112 valence electrons. The first-order valence-corrected chi connectivity index (χ1v) is 7.58. The van der Waals surface area contributed by atoms with Gasteiger partial charge in [-0.3, -0.25) is 9.59 Å². The number of fused-ring (bicyclic) bond motifs is 1. The minimum atomic E-state index is -1.04. The quantitative estimate of drug-likeness (QED) is 0.780. The number of carbonyl (C=O) groups is 1. The van der Waals surface area contributed by atoms with Crippen molar-refractivity contribution in [2.45, 2.75) is 25.6 Å². The van der Waals surface area contributed by atoms with Crippen molar-refractivity contribution in [1.29, 1.82) is 0 Å². The van der Waals surface area contributed by atoms with Crippen molar-refractivity contribution >= 4 is 27.6 Å². The first-order valence-electron chi connectivity index (χ1n) is 6.59. The molecule has 0 saturated carbocycles. The van der Waals surface area contributed by atoms with Crippen LogP contribution >= 0.6 is 11.8 Å². The van der Waals surface area contributed by atoms with E-state index in [0.717, 1.165) is 17.1 Å². The summed E-state index contributed by atoms with van der Waals surface area (Å²) in [7, 11) is 0. The summed E-state index contributed by atoms with van der Waals surface area (Å²) in [5, 5.41) is 21.7. The van der Waals surface area contributed by atoms with Gasteiger partial charge in [0.1, 0.15) is 6.10 Å². The van der Waals surface area contributed by atoms with Gasteiger partial charge in [-0.2, -0.15) is 0 Å². The van der Waals surface area contributed by atoms with E-state index < -0.39 is 12.2 Å². The lowest BCUT2D eigenvalue weighted by Crippen LogP contribution is -2.19. The van der Waals surface area contributed by atoms with E-state index in [9.17, 15) is 19.8 Å². The lowest BCUT2D eigenvalue weighted by Gasteiger charge is -2.18. The van der Waals surface area contributed by atoms with Gasteiger partial charge < -0.3 is 15.2 Å². The number of aromatic amines is 1. The van der Waals surface area contributed by atoms with Gasteiger partial charge in [-0.1, -0.05) is 23.9 Å². The highest BCUT2D eigenvalue weighted by Crippen LogP contribution is 2.23. The number of thioether (sulfide) groups is 1. The lowest BCUT2D eigenvalue weighted by atomic mass is 10.00. The Morgan fingerprint density at radius 3 is 2.76 bits per heavy atom. The van der Waals surface area contributed by atoms with Crippen LogP contribution in [0.4, 0.5) is 0 Å². The van der Waals surface area contributed by atoms with Gasteiger partial charge in [0.05, 0.1) is 6.10 Å². The molecule has 0 spiro atoms. The van der Waals surface area contributed by atoms with E-state index in [1.54, 1.807) is 24.4 Å². The molecule has 21 heavy (non-hydrogen) atoms. The summed E-state index contributed by atoms with van der Waals surface area (Å²) in [6.45, 7) is 1.47. The molecular weight excluding hydrogens is 290 g/mol. The molecule has 1 aromatic heterocycles. The molecule has 0 bridgehead atoms. The maximum absolute atomic E-state index is 11.3. The number of H-pyrrole nitrogens is 1. The van der Waals surface area contributed by atoms with Crippen LogP contribution in [-0.4, -0.2) is 32.2 Å². The smallest absolute Gasteiger partial charge is 0.248 e. The average molecular weight is 307 g/mol. The summed E-state index contributed by atoms with van der Waals surface area (Å²) < 4.78 is 0. The van der Waals surface area contributed by atoms with Gasteiger partial charge in [-0.15, -0.1) is 0 Å². The van der Waals surface area contributed by atoms with Crippen LogP contribution in [0.5, 0.6) is 0 Å². The van der Waals surface area contributed by atoms with Gasteiger partial charge in [0, 0.05) is 24.9 Å². The molecule has 2 aromatic rings. The molecule has 5 nitrogen and oxygen atoms in total. The Morgan fingerprint density at radius 2 is 2.05 bits per heavy atom. The minimum Gasteiger partial charge on any atom is -0.390 e. The highest BCUT2D eigenvalue weighted by Gasteiger charge is 2.18. The Bertz CT molecular complexity index is 697. The van der Waals surface area contributed by atoms with E-state index in [0.29, 0.717) is 23.1 Å². The van der Waals surface area contributed by atoms with E-state index in [1.807, 2.05) is 0 Å². The average Bonchev–Trinajstić information content (AvgIpc) is 2.45. The zero-order valence-corrected chi connectivity index (χ0v) is 12.4. The molecule has 6 heteroatoms. The third kappa shape index (κ3) is 4.17. The maximum Gasteiger partial charge on any atom is 0.248 e. The molecule has 2 unspecified atom stereocenters. The number of nitrogens with one attached hydrogen (secondary N) is 1. The third-order valence-electron chi connectivity index (χ3n) is 3.19. The number of rotatable bonds is 5. The predicted octanol–water partition coefficient (Wildman–Crippen LogP) is 1.59. The van der Waals surface area contributed by atoms with Crippen molar-refractivity contribution in [2.24, 2.45) is 0 Å². The van der Waals surface area contributed by atoms with E-state index in [2.05, 4.69) is 4.98 Å². The number of aromatic nitrogens is 1. The minimum absolute atomic E-state index is 0.0124. The number of carbonyl (C=O) groups excluding carboxylic acids is 1. The summed E-state index contributed by atoms with van der Waals surface area (Å²) in [6.07, 6.45) is -0.0652. The van der Waals surface area contributed by atoms with E-state index >= 15 is 0 Å². The van der Waals surface area contributed by atoms with Gasteiger partial charge in [0.2, 0.25) is 5.56 Å². The van der Waals surface area contributed by atoms with Crippen molar-refractivity contribution < 1.29 is 15.0 Å². The van der Waals surface area contributed by atoms with Gasteiger partial charge >= 0.3 is 0 Å². The molecule has 2 rings (SSSR count). The predicted molar refractivity (Wildman–Crippen MR) is 83.3 cm³/mol. The molecule has 0 aliphatic carbocycles. The fourth-order valence-corrected chi connectivity index (χ4v) is 2.72. The van der Waals surface area contributed by atoms with E-state index in [1.165, 1.54) is 13.0 Å². The van der Waals surface area contributed by atoms with Gasteiger partial charge in [-0.05, 0) is 28.8 Å². The second kappa shape index (κ2) is 6.89. The first-order chi connectivity index (χ1) is 9.97. The Kier molecular flexibility index (Phi) is 5.17. The number of aliphatic hydroxyl groups excluding tert-OH is 2. The van der Waals surface area contributed by atoms with Crippen LogP contribution in [0, 0.1) is 0 Å². The zero-order chi connectivity index (χ0) is 15.4. The Balaban J connectivity index is 2.12. The van der Waals surface area contributed by atoms with Crippen LogP contribution in [-0.2, 0) is 4.79 Å². The number of benzene rings is 1. The fourth-order valence-electron chi connectivity index (χ4n) is 2.07. The topological polar surface area (TPSA) is 90.4 Å². The molecule has 0 aliphatic heterocycles. The summed E-state index contributed by atoms with van der Waals surface area (Å²) >= 11 is 1.12. The van der Waals surface area contributed by atoms with Gasteiger partial charge in [-0.25, -0.2) is 0 Å². The van der Waals surface area contributed by atoms with E-state index in [-0.39, 0.29) is 10.7 Å². The van der Waals surface area contributed by atoms with E-state index in [4.69, 9.17) is 0 Å². The van der Waals surface area contributed by atoms with Crippen LogP contribution in [0.1, 0.15) is 25.0 Å². The second-order valence-electron chi connectivity index (χ2n) is 4.83. The molecule has 0 fully saturated rings. The van der Waals surface area contributed by atoms with Gasteiger partial charge in [0.25, 0.3) is 0 Å². The molecule has 0 radical (unpaired) electrons. The third-order valence-corrected chi connectivity index (χ3v) is 4.04. The first kappa shape index (κ1) is 15.8. The summed E-state index contributed by atoms with van der Waals surface area (Å²) in [4.78, 5) is 24.7. The highest BCUT2D eigenvalue weighted by atomic mass is 32.2. The molecule has 2 atom stereocenters. The van der Waals surface area contributed by atoms with Crippen molar-refractivity contribution in [2.75, 3.05) is 5.75 Å². The summed E-state index contributed by atoms with van der Waals surface area (Å²) in [6, 6.07) is 6.63. The molecule has 3 N–H and O–H groups in total. The number of hydrogen-bond donors (Lipinski definition) is 3. The Labute approximate surface area is 126 Å². The zero-order valence-electron chi connectivity index (χ0n) is 11.6. The molecule has 0 aliphatic rings. The normalized spacial score (nSPS) is 14.0. The van der Waals surface area contributed by atoms with Crippen molar-refractivity contribution in [1.82, 2.24) is 4.98 Å². The molecular formula is C15H17NO4S. The Morgan fingerprint density at radius 1 is 1.29 bits per heavy atom. The van der Waals surface area contributed by atoms with Gasteiger partial charge in [0.15, 0.2) is 5.12 Å². The summed E-state index contributed by atoms with van der Waals surface area (Å²) in [5.74, 6) is 0.459. The van der Waals surface area contributed by atoms with Crippen LogP contribution in [0.15, 0.2) is 35.3 Å².